The fourth-order valence-electron chi connectivity index (χ4n) is 1.55. The van der Waals surface area contributed by atoms with Crippen LogP contribution in [0, 0.1) is 0 Å². The number of carbonyl (C=O) groups is 1. The number of carboxylic acids is 1. The van der Waals surface area contributed by atoms with Gasteiger partial charge in [0.05, 0.1) is 0 Å². The second kappa shape index (κ2) is 6.57. The van der Waals surface area contributed by atoms with Gasteiger partial charge < -0.3 is 5.11 Å². The third-order valence-electron chi connectivity index (χ3n) is 3.02. The van der Waals surface area contributed by atoms with Gasteiger partial charge in [0.1, 0.15) is 0 Å². The average Bonchev–Trinajstić information content (AvgIpc) is 2.34. The molecule has 0 fully saturated rings. The highest BCUT2D eigenvalue weighted by Crippen LogP contribution is 2.21. The fraction of sp³-hybridized carbons (Fsp3) is 0.357. The molecule has 0 heterocycles. The third kappa shape index (κ3) is 4.17. The van der Waals surface area contributed by atoms with Crippen molar-refractivity contribution in [2.45, 2.75) is 19.9 Å². The first kappa shape index (κ1) is 14.7. The highest BCUT2D eigenvalue weighted by atomic mass is 35.5. The number of rotatable bonds is 5. The topological polar surface area (TPSA) is 40.5 Å². The van der Waals surface area contributed by atoms with E-state index < -0.39 is 5.97 Å². The van der Waals surface area contributed by atoms with E-state index in [1.165, 1.54) is 0 Å². The van der Waals surface area contributed by atoms with Gasteiger partial charge in [-0.3, -0.25) is 4.90 Å². The minimum Gasteiger partial charge on any atom is -0.478 e. The maximum absolute atomic E-state index is 10.7. The predicted octanol–water partition coefficient (Wildman–Crippen LogP) is 3.36. The van der Waals surface area contributed by atoms with E-state index in [2.05, 4.69) is 11.8 Å². The third-order valence-corrected chi connectivity index (χ3v) is 3.25. The number of carboxylic acid groups (broad SMARTS) is 1. The Kier molecular flexibility index (Phi) is 5.38. The Hall–Kier alpha value is -1.32. The zero-order valence-electron chi connectivity index (χ0n) is 10.9. The number of halogens is 1. The molecule has 1 rings (SSSR count). The van der Waals surface area contributed by atoms with E-state index in [1.54, 1.807) is 13.0 Å². The molecule has 18 heavy (non-hydrogen) atoms. The lowest BCUT2D eigenvalue weighted by atomic mass is 10.1. The maximum atomic E-state index is 10.7. The Bertz CT molecular complexity index is 457. The quantitative estimate of drug-likeness (QED) is 0.832. The Balaban J connectivity index is 2.70. The van der Waals surface area contributed by atoms with Crippen LogP contribution in [0.2, 0.25) is 5.02 Å². The summed E-state index contributed by atoms with van der Waals surface area (Å²) >= 11 is 5.95. The number of benzene rings is 1. The first-order valence-corrected chi connectivity index (χ1v) is 6.15. The fourth-order valence-corrected chi connectivity index (χ4v) is 1.75. The summed E-state index contributed by atoms with van der Waals surface area (Å²) < 4.78 is 0. The summed E-state index contributed by atoms with van der Waals surface area (Å²) in [6, 6.07) is 7.88. The molecule has 0 aromatic heterocycles. The van der Waals surface area contributed by atoms with Crippen LogP contribution in [0.1, 0.15) is 25.5 Å². The van der Waals surface area contributed by atoms with E-state index >= 15 is 0 Å². The van der Waals surface area contributed by atoms with Gasteiger partial charge in [-0.25, -0.2) is 4.79 Å². The molecule has 0 amide bonds. The van der Waals surface area contributed by atoms with Crippen molar-refractivity contribution in [3.8, 4) is 0 Å². The molecule has 0 aliphatic carbocycles. The molecule has 0 saturated carbocycles. The monoisotopic (exact) mass is 267 g/mol. The molecule has 1 N–H and O–H groups in total. The van der Waals surface area contributed by atoms with Crippen LogP contribution in [0.4, 0.5) is 0 Å². The number of hydrogen-bond acceptors (Lipinski definition) is 2. The minimum absolute atomic E-state index is 0.182. The van der Waals surface area contributed by atoms with Crippen molar-refractivity contribution in [3.05, 3.63) is 46.5 Å². The molecule has 0 saturated heterocycles. The van der Waals surface area contributed by atoms with Crippen LogP contribution >= 0.6 is 11.6 Å². The van der Waals surface area contributed by atoms with E-state index in [9.17, 15) is 4.79 Å². The van der Waals surface area contributed by atoms with E-state index in [0.29, 0.717) is 17.1 Å². The summed E-state index contributed by atoms with van der Waals surface area (Å²) in [6.07, 6.45) is 1.71. The summed E-state index contributed by atoms with van der Waals surface area (Å²) in [6.45, 7) is 4.25. The van der Waals surface area contributed by atoms with Crippen molar-refractivity contribution in [2.24, 2.45) is 0 Å². The molecule has 0 bridgehead atoms. The Morgan fingerprint density at radius 3 is 2.78 bits per heavy atom. The molecular formula is C14H18ClNO2. The van der Waals surface area contributed by atoms with E-state index in [4.69, 9.17) is 16.7 Å². The molecule has 0 aliphatic heterocycles. The molecule has 1 atom stereocenters. The molecule has 0 radical (unpaired) electrons. The van der Waals surface area contributed by atoms with E-state index in [0.717, 1.165) is 5.56 Å². The molecule has 98 valence electrons. The molecule has 1 unspecified atom stereocenters. The lowest BCUT2D eigenvalue weighted by Crippen LogP contribution is -2.23. The van der Waals surface area contributed by atoms with Gasteiger partial charge in [0.2, 0.25) is 0 Å². The highest BCUT2D eigenvalue weighted by Gasteiger charge is 2.11. The summed E-state index contributed by atoms with van der Waals surface area (Å²) in [4.78, 5) is 12.8. The van der Waals surface area contributed by atoms with Crippen molar-refractivity contribution >= 4 is 17.6 Å². The lowest BCUT2D eigenvalue weighted by molar-refractivity contribution is -0.132. The van der Waals surface area contributed by atoms with Crippen molar-refractivity contribution in [3.63, 3.8) is 0 Å². The molecule has 4 heteroatoms. The van der Waals surface area contributed by atoms with Gasteiger partial charge in [-0.1, -0.05) is 29.8 Å². The smallest absolute Gasteiger partial charge is 0.330 e. The number of likely N-dealkylation sites (N-methyl/N-ethyl adjacent to an activating group) is 1. The SMILES string of the molecule is CC(=CCN(C)C(C)c1cccc(Cl)c1)C(=O)O. The molecule has 0 aliphatic rings. The van der Waals surface area contributed by atoms with Gasteiger partial charge in [0.25, 0.3) is 0 Å². The van der Waals surface area contributed by atoms with Crippen LogP contribution in [0.5, 0.6) is 0 Å². The predicted molar refractivity (Wildman–Crippen MR) is 73.9 cm³/mol. The van der Waals surface area contributed by atoms with Gasteiger partial charge in [-0.15, -0.1) is 0 Å². The first-order chi connectivity index (χ1) is 8.41. The summed E-state index contributed by atoms with van der Waals surface area (Å²) in [5.41, 5.74) is 1.48. The zero-order chi connectivity index (χ0) is 13.7. The van der Waals surface area contributed by atoms with Crippen LogP contribution < -0.4 is 0 Å². The van der Waals surface area contributed by atoms with Crippen LogP contribution in [0.3, 0.4) is 0 Å². The number of hydrogen-bond donors (Lipinski definition) is 1. The van der Waals surface area contributed by atoms with Crippen molar-refractivity contribution in [2.75, 3.05) is 13.6 Å². The molecule has 1 aromatic carbocycles. The van der Waals surface area contributed by atoms with Crippen molar-refractivity contribution < 1.29 is 9.90 Å². The van der Waals surface area contributed by atoms with Gasteiger partial charge in [-0.2, -0.15) is 0 Å². The molecule has 3 nitrogen and oxygen atoms in total. The van der Waals surface area contributed by atoms with Crippen LogP contribution in [0.25, 0.3) is 0 Å². The second-order valence-corrected chi connectivity index (χ2v) is 4.80. The normalized spacial score (nSPS) is 13.7. The highest BCUT2D eigenvalue weighted by molar-refractivity contribution is 6.30. The summed E-state index contributed by atoms with van der Waals surface area (Å²) in [7, 11) is 1.96. The van der Waals surface area contributed by atoms with E-state index in [-0.39, 0.29) is 6.04 Å². The van der Waals surface area contributed by atoms with Gasteiger partial charge in [0.15, 0.2) is 0 Å². The number of aliphatic carboxylic acids is 1. The Labute approximate surface area is 113 Å². The second-order valence-electron chi connectivity index (χ2n) is 4.36. The lowest BCUT2D eigenvalue weighted by Gasteiger charge is -2.24. The molecular weight excluding hydrogens is 250 g/mol. The molecule has 1 aromatic rings. The zero-order valence-corrected chi connectivity index (χ0v) is 11.6. The minimum atomic E-state index is -0.876. The van der Waals surface area contributed by atoms with Crippen LogP contribution in [0.15, 0.2) is 35.9 Å². The largest absolute Gasteiger partial charge is 0.478 e. The Morgan fingerprint density at radius 1 is 1.56 bits per heavy atom. The molecule has 0 spiro atoms. The summed E-state index contributed by atoms with van der Waals surface area (Å²) in [5, 5.41) is 9.50. The number of nitrogens with zero attached hydrogens (tertiary/aromatic N) is 1. The van der Waals surface area contributed by atoms with Gasteiger partial charge >= 0.3 is 5.97 Å². The maximum Gasteiger partial charge on any atom is 0.330 e. The van der Waals surface area contributed by atoms with Gasteiger partial charge in [-0.05, 0) is 38.6 Å². The standard InChI is InChI=1S/C14H18ClNO2/c1-10(14(17)18)7-8-16(3)11(2)12-5-4-6-13(15)9-12/h4-7,9,11H,8H2,1-3H3,(H,17,18). The van der Waals surface area contributed by atoms with Gasteiger partial charge in [0, 0.05) is 23.2 Å². The van der Waals surface area contributed by atoms with Crippen molar-refractivity contribution in [1.29, 1.82) is 0 Å². The van der Waals surface area contributed by atoms with Crippen molar-refractivity contribution in [1.82, 2.24) is 4.90 Å². The van der Waals surface area contributed by atoms with Crippen LogP contribution in [-0.4, -0.2) is 29.6 Å². The van der Waals surface area contributed by atoms with Crippen LogP contribution in [-0.2, 0) is 4.79 Å². The average molecular weight is 268 g/mol. The summed E-state index contributed by atoms with van der Waals surface area (Å²) in [5.74, 6) is -0.876. The first-order valence-electron chi connectivity index (χ1n) is 5.77. The van der Waals surface area contributed by atoms with E-state index in [1.807, 2.05) is 31.3 Å². The Morgan fingerprint density at radius 2 is 2.22 bits per heavy atom.